The lowest BCUT2D eigenvalue weighted by Crippen LogP contribution is -1.98. The van der Waals surface area contributed by atoms with E-state index in [9.17, 15) is 0 Å². The summed E-state index contributed by atoms with van der Waals surface area (Å²) in [6, 6.07) is 18.7. The fraction of sp³-hybridized carbons (Fsp3) is 0.176. The van der Waals surface area contributed by atoms with E-state index in [2.05, 4.69) is 65.5 Å². The van der Waals surface area contributed by atoms with Gasteiger partial charge in [-0.25, -0.2) is 4.98 Å². The van der Waals surface area contributed by atoms with E-state index in [-0.39, 0.29) is 0 Å². The molecule has 0 spiro atoms. The molecule has 3 rings (SSSR count). The summed E-state index contributed by atoms with van der Waals surface area (Å²) in [4.78, 5) is 4.54. The van der Waals surface area contributed by atoms with E-state index in [0.717, 1.165) is 23.8 Å². The summed E-state index contributed by atoms with van der Waals surface area (Å²) in [7, 11) is 0. The summed E-state index contributed by atoms with van der Waals surface area (Å²) in [5.74, 6) is 1.75. The first-order chi connectivity index (χ1) is 9.78. The lowest BCUT2D eigenvalue weighted by Gasteiger charge is -2.03. The van der Waals surface area contributed by atoms with Gasteiger partial charge in [0.05, 0.1) is 0 Å². The maximum atomic E-state index is 4.54. The fourth-order valence-electron chi connectivity index (χ4n) is 2.31. The minimum Gasteiger partial charge on any atom is -0.250 e. The SMILES string of the molecule is CCn1nc(-c2cccc(-c3ccccc3)c2)nc1C. The van der Waals surface area contributed by atoms with E-state index in [4.69, 9.17) is 0 Å². The molecule has 20 heavy (non-hydrogen) atoms. The average Bonchev–Trinajstić information content (AvgIpc) is 2.89. The van der Waals surface area contributed by atoms with E-state index in [1.165, 1.54) is 11.1 Å². The second-order valence-corrected chi connectivity index (χ2v) is 4.75. The van der Waals surface area contributed by atoms with E-state index in [0.29, 0.717) is 0 Å². The summed E-state index contributed by atoms with van der Waals surface area (Å²) >= 11 is 0. The zero-order valence-electron chi connectivity index (χ0n) is 11.7. The number of aromatic nitrogens is 3. The van der Waals surface area contributed by atoms with Crippen molar-refractivity contribution >= 4 is 0 Å². The van der Waals surface area contributed by atoms with Crippen molar-refractivity contribution in [2.45, 2.75) is 20.4 Å². The highest BCUT2D eigenvalue weighted by molar-refractivity contribution is 5.70. The van der Waals surface area contributed by atoms with Crippen molar-refractivity contribution in [2.75, 3.05) is 0 Å². The van der Waals surface area contributed by atoms with Gasteiger partial charge in [0.1, 0.15) is 5.82 Å². The molecule has 0 aliphatic heterocycles. The maximum Gasteiger partial charge on any atom is 0.181 e. The summed E-state index contributed by atoms with van der Waals surface area (Å²) in [5, 5.41) is 4.54. The minimum atomic E-state index is 0.794. The average molecular weight is 263 g/mol. The molecule has 3 nitrogen and oxygen atoms in total. The highest BCUT2D eigenvalue weighted by Gasteiger charge is 2.08. The monoisotopic (exact) mass is 263 g/mol. The van der Waals surface area contributed by atoms with Crippen LogP contribution in [0.5, 0.6) is 0 Å². The minimum absolute atomic E-state index is 0.794. The van der Waals surface area contributed by atoms with Crippen molar-refractivity contribution in [3.05, 3.63) is 60.4 Å². The molecule has 100 valence electrons. The second-order valence-electron chi connectivity index (χ2n) is 4.75. The van der Waals surface area contributed by atoms with Crippen molar-refractivity contribution in [2.24, 2.45) is 0 Å². The molecule has 0 saturated heterocycles. The predicted octanol–water partition coefficient (Wildman–Crippen LogP) is 3.94. The molecule has 3 aromatic rings. The van der Waals surface area contributed by atoms with Gasteiger partial charge in [0.25, 0.3) is 0 Å². The normalized spacial score (nSPS) is 10.7. The Balaban J connectivity index is 2.03. The standard InChI is InChI=1S/C17H17N3/c1-3-20-13(2)18-17(19-20)16-11-7-10-15(12-16)14-8-5-4-6-9-14/h4-12H,3H2,1-2H3. The van der Waals surface area contributed by atoms with Gasteiger partial charge in [-0.3, -0.25) is 4.68 Å². The quantitative estimate of drug-likeness (QED) is 0.716. The van der Waals surface area contributed by atoms with Crippen molar-refractivity contribution in [3.8, 4) is 22.5 Å². The van der Waals surface area contributed by atoms with Crippen LogP contribution in [0.3, 0.4) is 0 Å². The molecular weight excluding hydrogens is 246 g/mol. The number of benzene rings is 2. The van der Waals surface area contributed by atoms with Crippen LogP contribution in [-0.2, 0) is 6.54 Å². The Hall–Kier alpha value is -2.42. The van der Waals surface area contributed by atoms with Gasteiger partial charge in [-0.2, -0.15) is 5.10 Å². The predicted molar refractivity (Wildman–Crippen MR) is 81.3 cm³/mol. The van der Waals surface area contributed by atoms with Crippen LogP contribution in [-0.4, -0.2) is 14.8 Å². The molecule has 0 saturated carbocycles. The van der Waals surface area contributed by atoms with Gasteiger partial charge in [-0.1, -0.05) is 48.5 Å². The molecule has 0 unspecified atom stereocenters. The smallest absolute Gasteiger partial charge is 0.181 e. The Morgan fingerprint density at radius 1 is 0.900 bits per heavy atom. The van der Waals surface area contributed by atoms with Gasteiger partial charge in [0, 0.05) is 12.1 Å². The van der Waals surface area contributed by atoms with Crippen molar-refractivity contribution in [3.63, 3.8) is 0 Å². The molecule has 0 amide bonds. The van der Waals surface area contributed by atoms with Crippen LogP contribution in [0.15, 0.2) is 54.6 Å². The first kappa shape index (κ1) is 12.6. The largest absolute Gasteiger partial charge is 0.250 e. The maximum absolute atomic E-state index is 4.54. The summed E-state index contributed by atoms with van der Waals surface area (Å²) in [6.07, 6.45) is 0. The van der Waals surface area contributed by atoms with Crippen molar-refractivity contribution in [1.82, 2.24) is 14.8 Å². The van der Waals surface area contributed by atoms with Crippen LogP contribution >= 0.6 is 0 Å². The molecule has 0 atom stereocenters. The summed E-state index contributed by atoms with van der Waals surface area (Å²) in [6.45, 7) is 4.91. The highest BCUT2D eigenvalue weighted by atomic mass is 15.3. The topological polar surface area (TPSA) is 30.7 Å². The van der Waals surface area contributed by atoms with E-state index < -0.39 is 0 Å². The Morgan fingerprint density at radius 2 is 1.60 bits per heavy atom. The van der Waals surface area contributed by atoms with Crippen LogP contribution in [0.1, 0.15) is 12.7 Å². The number of nitrogens with zero attached hydrogens (tertiary/aromatic N) is 3. The van der Waals surface area contributed by atoms with Crippen LogP contribution < -0.4 is 0 Å². The zero-order valence-corrected chi connectivity index (χ0v) is 11.7. The Morgan fingerprint density at radius 3 is 2.30 bits per heavy atom. The van der Waals surface area contributed by atoms with Crippen molar-refractivity contribution in [1.29, 1.82) is 0 Å². The fourth-order valence-corrected chi connectivity index (χ4v) is 2.31. The Labute approximate surface area is 118 Å². The van der Waals surface area contributed by atoms with Gasteiger partial charge < -0.3 is 0 Å². The second kappa shape index (κ2) is 5.29. The molecule has 1 heterocycles. The van der Waals surface area contributed by atoms with Crippen LogP contribution in [0.25, 0.3) is 22.5 Å². The number of hydrogen-bond acceptors (Lipinski definition) is 2. The molecule has 1 aromatic heterocycles. The summed E-state index contributed by atoms with van der Waals surface area (Å²) in [5.41, 5.74) is 3.45. The van der Waals surface area contributed by atoms with E-state index in [1.807, 2.05) is 17.7 Å². The molecule has 0 bridgehead atoms. The molecule has 0 radical (unpaired) electrons. The third-order valence-electron chi connectivity index (χ3n) is 3.38. The van der Waals surface area contributed by atoms with Gasteiger partial charge in [-0.05, 0) is 31.0 Å². The van der Waals surface area contributed by atoms with Crippen LogP contribution in [0.2, 0.25) is 0 Å². The zero-order chi connectivity index (χ0) is 13.9. The lowest BCUT2D eigenvalue weighted by molar-refractivity contribution is 0.637. The molecule has 3 heteroatoms. The molecule has 2 aromatic carbocycles. The molecular formula is C17H17N3. The Kier molecular flexibility index (Phi) is 3.33. The van der Waals surface area contributed by atoms with E-state index >= 15 is 0 Å². The van der Waals surface area contributed by atoms with Crippen LogP contribution in [0.4, 0.5) is 0 Å². The molecule has 0 aliphatic carbocycles. The number of rotatable bonds is 3. The molecule has 0 aliphatic rings. The first-order valence-corrected chi connectivity index (χ1v) is 6.85. The Bertz CT molecular complexity index is 714. The number of aryl methyl sites for hydroxylation is 2. The third-order valence-corrected chi connectivity index (χ3v) is 3.38. The number of hydrogen-bond donors (Lipinski definition) is 0. The molecule has 0 fully saturated rings. The van der Waals surface area contributed by atoms with E-state index in [1.54, 1.807) is 0 Å². The first-order valence-electron chi connectivity index (χ1n) is 6.85. The van der Waals surface area contributed by atoms with Gasteiger partial charge >= 0.3 is 0 Å². The van der Waals surface area contributed by atoms with Crippen LogP contribution in [0, 0.1) is 6.92 Å². The summed E-state index contributed by atoms with van der Waals surface area (Å²) < 4.78 is 1.92. The highest BCUT2D eigenvalue weighted by Crippen LogP contribution is 2.24. The van der Waals surface area contributed by atoms with Crippen molar-refractivity contribution < 1.29 is 0 Å². The third kappa shape index (κ3) is 2.35. The molecule has 0 N–H and O–H groups in total. The van der Waals surface area contributed by atoms with Gasteiger partial charge in [-0.15, -0.1) is 0 Å². The van der Waals surface area contributed by atoms with Gasteiger partial charge in [0.2, 0.25) is 0 Å². The lowest BCUT2D eigenvalue weighted by atomic mass is 10.0. The van der Waals surface area contributed by atoms with Gasteiger partial charge in [0.15, 0.2) is 5.82 Å².